The van der Waals surface area contributed by atoms with Gasteiger partial charge in [0, 0.05) is 11.6 Å². The molecule has 3 atom stereocenters. The van der Waals surface area contributed by atoms with Crippen LogP contribution in [-0.2, 0) is 4.79 Å². The lowest BCUT2D eigenvalue weighted by Crippen LogP contribution is -2.25. The molecule has 1 fully saturated rings. The summed E-state index contributed by atoms with van der Waals surface area (Å²) in [4.78, 5) is 12.4. The van der Waals surface area contributed by atoms with Crippen LogP contribution in [0.1, 0.15) is 18.4 Å². The highest BCUT2D eigenvalue weighted by Gasteiger charge is 2.39. The lowest BCUT2D eigenvalue weighted by atomic mass is 9.93. The van der Waals surface area contributed by atoms with E-state index < -0.39 is 0 Å². The second kappa shape index (κ2) is 5.53. The summed E-state index contributed by atoms with van der Waals surface area (Å²) in [6, 6.07) is 9.28. The number of nitrogens with zero attached hydrogens (tertiary/aromatic N) is 3. The fraction of sp³-hybridized carbons (Fsp3) is 0.278. The molecule has 0 saturated heterocycles. The Hall–Kier alpha value is -3.07. The third-order valence-electron chi connectivity index (χ3n) is 4.92. The molecule has 0 aliphatic heterocycles. The van der Waals surface area contributed by atoms with Crippen molar-refractivity contribution in [2.45, 2.75) is 12.8 Å². The lowest BCUT2D eigenvalue weighted by molar-refractivity contribution is -0.120. The molecule has 2 aliphatic carbocycles. The number of nitriles is 1. The van der Waals surface area contributed by atoms with E-state index in [0.29, 0.717) is 23.2 Å². The zero-order valence-electron chi connectivity index (χ0n) is 13.0. The number of rotatable bonds is 3. The topological polar surface area (TPSA) is 96.7 Å². The SMILES string of the molecule is N#Cc1cnn(-c2ccc(NC(=O)[C@H]3C[C@H]4C=C[C@H]3C4)cc2)c1N. The number of carbonyl (C=O) groups excluding carboxylic acids is 1. The van der Waals surface area contributed by atoms with Gasteiger partial charge in [0.15, 0.2) is 0 Å². The molecule has 1 aromatic heterocycles. The number of fused-ring (bicyclic) bond motifs is 2. The zero-order chi connectivity index (χ0) is 16.7. The van der Waals surface area contributed by atoms with Crippen molar-refractivity contribution in [3.8, 4) is 11.8 Å². The highest BCUT2D eigenvalue weighted by Crippen LogP contribution is 2.43. The number of carbonyl (C=O) groups is 1. The van der Waals surface area contributed by atoms with Crippen molar-refractivity contribution in [3.63, 3.8) is 0 Å². The molecule has 1 aromatic carbocycles. The van der Waals surface area contributed by atoms with Crippen LogP contribution in [-0.4, -0.2) is 15.7 Å². The summed E-state index contributed by atoms with van der Waals surface area (Å²) in [6.07, 6.45) is 7.90. The van der Waals surface area contributed by atoms with Crippen LogP contribution in [0, 0.1) is 29.1 Å². The Bertz CT molecular complexity index is 859. The van der Waals surface area contributed by atoms with Gasteiger partial charge in [-0.15, -0.1) is 0 Å². The van der Waals surface area contributed by atoms with Gasteiger partial charge in [-0.25, -0.2) is 4.68 Å². The van der Waals surface area contributed by atoms with E-state index in [2.05, 4.69) is 22.6 Å². The fourth-order valence-electron chi connectivity index (χ4n) is 3.65. The molecule has 4 rings (SSSR count). The highest BCUT2D eigenvalue weighted by atomic mass is 16.1. The average molecular weight is 319 g/mol. The number of allylic oxidation sites excluding steroid dienone is 2. The van der Waals surface area contributed by atoms with Gasteiger partial charge in [-0.05, 0) is 48.9 Å². The van der Waals surface area contributed by atoms with E-state index in [4.69, 9.17) is 11.0 Å². The first-order chi connectivity index (χ1) is 11.7. The molecule has 2 aromatic rings. The molecular formula is C18H17N5O. The highest BCUT2D eigenvalue weighted by molar-refractivity contribution is 5.93. The van der Waals surface area contributed by atoms with Crippen LogP contribution in [0.3, 0.4) is 0 Å². The van der Waals surface area contributed by atoms with Crippen LogP contribution < -0.4 is 11.1 Å². The number of amides is 1. The Kier molecular flexibility index (Phi) is 3.35. The largest absolute Gasteiger partial charge is 0.382 e. The van der Waals surface area contributed by atoms with Crippen molar-refractivity contribution in [2.24, 2.45) is 17.8 Å². The summed E-state index contributed by atoms with van der Waals surface area (Å²) in [5, 5.41) is 16.0. The van der Waals surface area contributed by atoms with Gasteiger partial charge < -0.3 is 11.1 Å². The van der Waals surface area contributed by atoms with Crippen LogP contribution in [0.2, 0.25) is 0 Å². The van der Waals surface area contributed by atoms with Crippen LogP contribution in [0.25, 0.3) is 5.69 Å². The minimum atomic E-state index is 0.0830. The molecule has 3 N–H and O–H groups in total. The minimum absolute atomic E-state index is 0.0830. The van der Waals surface area contributed by atoms with Crippen LogP contribution in [0.5, 0.6) is 0 Å². The van der Waals surface area contributed by atoms with E-state index in [9.17, 15) is 4.79 Å². The average Bonchev–Trinajstić information content (AvgIpc) is 3.31. The third-order valence-corrected chi connectivity index (χ3v) is 4.92. The minimum Gasteiger partial charge on any atom is -0.382 e. The summed E-state index contributed by atoms with van der Waals surface area (Å²) in [5.74, 6) is 1.44. The van der Waals surface area contributed by atoms with Gasteiger partial charge in [0.1, 0.15) is 17.5 Å². The lowest BCUT2D eigenvalue weighted by Gasteiger charge is -2.17. The van der Waals surface area contributed by atoms with Gasteiger partial charge in [-0.3, -0.25) is 4.79 Å². The van der Waals surface area contributed by atoms with Crippen molar-refractivity contribution in [2.75, 3.05) is 11.1 Å². The Morgan fingerprint density at radius 3 is 2.67 bits per heavy atom. The summed E-state index contributed by atoms with van der Waals surface area (Å²) in [6.45, 7) is 0. The summed E-state index contributed by atoms with van der Waals surface area (Å²) >= 11 is 0. The first kappa shape index (κ1) is 14.5. The monoisotopic (exact) mass is 319 g/mol. The molecule has 120 valence electrons. The fourth-order valence-corrected chi connectivity index (χ4v) is 3.65. The normalized spacial score (nSPS) is 24.0. The number of nitrogens with two attached hydrogens (primary N) is 1. The maximum absolute atomic E-state index is 12.4. The number of nitrogens with one attached hydrogen (secondary N) is 1. The zero-order valence-corrected chi connectivity index (χ0v) is 13.0. The smallest absolute Gasteiger partial charge is 0.228 e. The second-order valence-electron chi connectivity index (χ2n) is 6.39. The van der Waals surface area contributed by atoms with E-state index >= 15 is 0 Å². The molecule has 0 radical (unpaired) electrons. The van der Waals surface area contributed by atoms with Crippen molar-refractivity contribution in [1.82, 2.24) is 9.78 Å². The molecule has 1 saturated carbocycles. The predicted octanol–water partition coefficient (Wildman–Crippen LogP) is 2.48. The summed E-state index contributed by atoms with van der Waals surface area (Å²) < 4.78 is 1.50. The van der Waals surface area contributed by atoms with Gasteiger partial charge in [0.05, 0.1) is 11.9 Å². The van der Waals surface area contributed by atoms with E-state index in [-0.39, 0.29) is 11.8 Å². The first-order valence-corrected chi connectivity index (χ1v) is 7.99. The van der Waals surface area contributed by atoms with Crippen molar-refractivity contribution < 1.29 is 4.79 Å². The Morgan fingerprint density at radius 2 is 2.08 bits per heavy atom. The Labute approximate surface area is 139 Å². The quantitative estimate of drug-likeness (QED) is 0.849. The Balaban J connectivity index is 1.48. The van der Waals surface area contributed by atoms with Crippen molar-refractivity contribution in [3.05, 3.63) is 48.2 Å². The predicted molar refractivity (Wildman–Crippen MR) is 90.2 cm³/mol. The molecule has 1 heterocycles. The maximum Gasteiger partial charge on any atom is 0.228 e. The van der Waals surface area contributed by atoms with Crippen molar-refractivity contribution in [1.29, 1.82) is 5.26 Å². The number of nitrogen functional groups attached to an aromatic ring is 1. The molecular weight excluding hydrogens is 302 g/mol. The van der Waals surface area contributed by atoms with Crippen LogP contribution in [0.15, 0.2) is 42.6 Å². The number of benzene rings is 1. The van der Waals surface area contributed by atoms with Gasteiger partial charge in [0.25, 0.3) is 0 Å². The van der Waals surface area contributed by atoms with Gasteiger partial charge >= 0.3 is 0 Å². The molecule has 6 heteroatoms. The van der Waals surface area contributed by atoms with E-state index in [1.165, 1.54) is 10.9 Å². The van der Waals surface area contributed by atoms with Crippen molar-refractivity contribution >= 4 is 17.4 Å². The molecule has 0 spiro atoms. The van der Waals surface area contributed by atoms with Crippen LogP contribution in [0.4, 0.5) is 11.5 Å². The van der Waals surface area contributed by atoms with Crippen LogP contribution >= 0.6 is 0 Å². The Morgan fingerprint density at radius 1 is 1.29 bits per heavy atom. The van der Waals surface area contributed by atoms with Gasteiger partial charge in [-0.2, -0.15) is 10.4 Å². The standard InChI is InChI=1S/C18H17N5O/c19-9-13-10-21-23(17(13)20)15-5-3-14(4-6-15)22-18(24)16-8-11-1-2-12(16)7-11/h1-6,10-12,16H,7-8,20H2,(H,22,24)/t11-,12-,16-/m0/s1. The van der Waals surface area contributed by atoms with Gasteiger partial charge in [0.2, 0.25) is 5.91 Å². The molecule has 1 amide bonds. The molecule has 2 bridgehead atoms. The molecule has 2 aliphatic rings. The summed E-state index contributed by atoms with van der Waals surface area (Å²) in [7, 11) is 0. The summed E-state index contributed by atoms with van der Waals surface area (Å²) in [5.41, 5.74) is 7.72. The number of anilines is 2. The third kappa shape index (κ3) is 2.35. The molecule has 0 unspecified atom stereocenters. The van der Waals surface area contributed by atoms with E-state index in [0.717, 1.165) is 24.2 Å². The van der Waals surface area contributed by atoms with Gasteiger partial charge in [-0.1, -0.05) is 12.2 Å². The number of aromatic nitrogens is 2. The number of hydrogen-bond donors (Lipinski definition) is 2. The maximum atomic E-state index is 12.4. The van der Waals surface area contributed by atoms with E-state index in [1.54, 1.807) is 0 Å². The molecule has 6 nitrogen and oxygen atoms in total. The first-order valence-electron chi connectivity index (χ1n) is 7.99. The van der Waals surface area contributed by atoms with E-state index in [1.807, 2.05) is 30.3 Å². The second-order valence-corrected chi connectivity index (χ2v) is 6.39. The molecule has 24 heavy (non-hydrogen) atoms. The number of hydrogen-bond acceptors (Lipinski definition) is 4.